The Bertz CT molecular complexity index is 276. The normalized spacial score (nSPS) is 41.5. The van der Waals surface area contributed by atoms with E-state index in [9.17, 15) is 9.90 Å². The first kappa shape index (κ1) is 11.1. The summed E-state index contributed by atoms with van der Waals surface area (Å²) in [6.45, 7) is 1.70. The highest BCUT2D eigenvalue weighted by Gasteiger charge is 2.56. The summed E-state index contributed by atoms with van der Waals surface area (Å²) in [6, 6.07) is 0. The van der Waals surface area contributed by atoms with E-state index in [1.54, 1.807) is 14.0 Å². The second-order valence-corrected chi connectivity index (χ2v) is 5.32. The average Bonchev–Trinajstić information content (AvgIpc) is 2.52. The quantitative estimate of drug-likeness (QED) is 0.726. The Balaban J connectivity index is 2.23. The van der Waals surface area contributed by atoms with Crippen molar-refractivity contribution < 1.29 is 14.6 Å². The van der Waals surface area contributed by atoms with Crippen molar-refractivity contribution in [1.29, 1.82) is 0 Å². The smallest absolute Gasteiger partial charge is 0.159 e. The minimum Gasteiger partial charge on any atom is -0.367 e. The van der Waals surface area contributed by atoms with E-state index in [-0.39, 0.29) is 10.8 Å². The van der Waals surface area contributed by atoms with Crippen molar-refractivity contribution >= 4 is 5.78 Å². The number of aliphatic hydroxyl groups excluding tert-OH is 1. The van der Waals surface area contributed by atoms with Crippen LogP contribution in [0.15, 0.2) is 0 Å². The molecule has 0 amide bonds. The number of hydrogen-bond donors (Lipinski definition) is 1. The van der Waals surface area contributed by atoms with Gasteiger partial charge in [-0.3, -0.25) is 4.79 Å². The Morgan fingerprint density at radius 1 is 1.33 bits per heavy atom. The van der Waals surface area contributed by atoms with Crippen molar-refractivity contribution in [2.45, 2.75) is 51.7 Å². The highest BCUT2D eigenvalue weighted by molar-refractivity contribution is 5.83. The molecule has 86 valence electrons. The number of carbonyl (C=O) groups is 1. The Hall–Kier alpha value is -0.410. The molecule has 2 bridgehead atoms. The molecule has 2 rings (SSSR count). The van der Waals surface area contributed by atoms with Gasteiger partial charge in [0, 0.05) is 17.9 Å². The average molecular weight is 212 g/mol. The van der Waals surface area contributed by atoms with Gasteiger partial charge < -0.3 is 9.84 Å². The molecule has 0 saturated heterocycles. The van der Waals surface area contributed by atoms with Crippen LogP contribution in [0, 0.1) is 10.8 Å². The van der Waals surface area contributed by atoms with Gasteiger partial charge in [-0.15, -0.1) is 0 Å². The molecule has 0 aliphatic heterocycles. The summed E-state index contributed by atoms with van der Waals surface area (Å²) >= 11 is 0. The summed E-state index contributed by atoms with van der Waals surface area (Å²) in [5.41, 5.74) is -0.281. The fraction of sp³-hybridized carbons (Fsp3) is 0.917. The van der Waals surface area contributed by atoms with Gasteiger partial charge in [0.1, 0.15) is 5.78 Å². The van der Waals surface area contributed by atoms with Crippen LogP contribution in [0.4, 0.5) is 0 Å². The van der Waals surface area contributed by atoms with Crippen molar-refractivity contribution in [1.82, 2.24) is 0 Å². The zero-order valence-corrected chi connectivity index (χ0v) is 9.58. The van der Waals surface area contributed by atoms with Gasteiger partial charge >= 0.3 is 0 Å². The molecular weight excluding hydrogens is 192 g/mol. The van der Waals surface area contributed by atoms with E-state index in [1.165, 1.54) is 0 Å². The van der Waals surface area contributed by atoms with Crippen molar-refractivity contribution in [3.63, 3.8) is 0 Å². The molecule has 0 aromatic carbocycles. The third kappa shape index (κ3) is 1.53. The molecular formula is C12H20O3. The highest BCUT2D eigenvalue weighted by atomic mass is 16.6. The lowest BCUT2D eigenvalue weighted by Crippen LogP contribution is -2.40. The number of ether oxygens (including phenoxy) is 1. The van der Waals surface area contributed by atoms with Crippen LogP contribution in [0.1, 0.15) is 45.4 Å². The van der Waals surface area contributed by atoms with Gasteiger partial charge in [0.25, 0.3) is 0 Å². The molecule has 3 nitrogen and oxygen atoms in total. The standard InChI is InChI=1S/C12H20O3/c1-9(13)11-4-3-5-12(8-11,7-6-11)10(14)15-2/h10,14H,3-8H2,1-2H3. The first-order valence-electron chi connectivity index (χ1n) is 5.77. The first-order valence-corrected chi connectivity index (χ1v) is 5.77. The van der Waals surface area contributed by atoms with Gasteiger partial charge in [-0.25, -0.2) is 0 Å². The number of fused-ring (bicyclic) bond motifs is 2. The maximum absolute atomic E-state index is 11.7. The van der Waals surface area contributed by atoms with E-state index >= 15 is 0 Å². The van der Waals surface area contributed by atoms with Crippen molar-refractivity contribution in [3.8, 4) is 0 Å². The number of aliphatic hydroxyl groups is 1. The molecule has 15 heavy (non-hydrogen) atoms. The van der Waals surface area contributed by atoms with Crippen LogP contribution in [-0.2, 0) is 9.53 Å². The fourth-order valence-electron chi connectivity index (χ4n) is 3.61. The van der Waals surface area contributed by atoms with Crippen molar-refractivity contribution in [3.05, 3.63) is 0 Å². The monoisotopic (exact) mass is 212 g/mol. The Kier molecular flexibility index (Phi) is 2.63. The summed E-state index contributed by atoms with van der Waals surface area (Å²) in [4.78, 5) is 11.7. The van der Waals surface area contributed by atoms with Crippen LogP contribution in [0.5, 0.6) is 0 Å². The van der Waals surface area contributed by atoms with E-state index < -0.39 is 6.29 Å². The topological polar surface area (TPSA) is 46.5 Å². The Morgan fingerprint density at radius 2 is 2.07 bits per heavy atom. The largest absolute Gasteiger partial charge is 0.367 e. The van der Waals surface area contributed by atoms with Gasteiger partial charge in [-0.05, 0) is 39.0 Å². The van der Waals surface area contributed by atoms with Gasteiger partial charge in [-0.2, -0.15) is 0 Å². The van der Waals surface area contributed by atoms with E-state index in [0.29, 0.717) is 5.78 Å². The van der Waals surface area contributed by atoms with Crippen molar-refractivity contribution in [2.75, 3.05) is 7.11 Å². The molecule has 2 aliphatic rings. The van der Waals surface area contributed by atoms with Crippen molar-refractivity contribution in [2.24, 2.45) is 10.8 Å². The lowest BCUT2D eigenvalue weighted by atomic mass is 9.67. The molecule has 3 atom stereocenters. The molecule has 1 N–H and O–H groups in total. The molecule has 0 aromatic rings. The van der Waals surface area contributed by atoms with Crippen LogP contribution >= 0.6 is 0 Å². The molecule has 0 spiro atoms. The lowest BCUT2D eigenvalue weighted by molar-refractivity contribution is -0.169. The molecule has 0 heterocycles. The number of rotatable bonds is 3. The van der Waals surface area contributed by atoms with Crippen LogP contribution in [0.25, 0.3) is 0 Å². The second kappa shape index (κ2) is 3.56. The van der Waals surface area contributed by atoms with E-state index in [4.69, 9.17) is 4.74 Å². The second-order valence-electron chi connectivity index (χ2n) is 5.32. The van der Waals surface area contributed by atoms with Crippen LogP contribution in [-0.4, -0.2) is 24.3 Å². The molecule has 0 aromatic heterocycles. The van der Waals surface area contributed by atoms with Gasteiger partial charge in [0.05, 0.1) is 0 Å². The predicted octanol–water partition coefficient (Wildman–Crippen LogP) is 1.88. The van der Waals surface area contributed by atoms with Crippen LogP contribution in [0.3, 0.4) is 0 Å². The molecule has 2 aliphatic carbocycles. The predicted molar refractivity (Wildman–Crippen MR) is 56.3 cm³/mol. The number of hydrogen-bond acceptors (Lipinski definition) is 3. The molecule has 0 radical (unpaired) electrons. The molecule has 3 unspecified atom stereocenters. The Morgan fingerprint density at radius 3 is 2.67 bits per heavy atom. The van der Waals surface area contributed by atoms with Crippen LogP contribution < -0.4 is 0 Å². The summed E-state index contributed by atoms with van der Waals surface area (Å²) in [6.07, 6.45) is 5.03. The number of methoxy groups -OCH3 is 1. The zero-order valence-electron chi connectivity index (χ0n) is 9.58. The van der Waals surface area contributed by atoms with E-state index in [2.05, 4.69) is 0 Å². The third-order valence-corrected chi connectivity index (χ3v) is 4.62. The highest BCUT2D eigenvalue weighted by Crippen LogP contribution is 2.60. The summed E-state index contributed by atoms with van der Waals surface area (Å²) in [5, 5.41) is 9.92. The minimum atomic E-state index is -0.695. The molecule has 3 heteroatoms. The zero-order chi connectivity index (χ0) is 11.1. The summed E-state index contributed by atoms with van der Waals surface area (Å²) in [7, 11) is 1.54. The van der Waals surface area contributed by atoms with Gasteiger partial charge in [-0.1, -0.05) is 6.42 Å². The maximum atomic E-state index is 11.7. The Labute approximate surface area is 90.8 Å². The maximum Gasteiger partial charge on any atom is 0.159 e. The SMILES string of the molecule is COC(O)C12CCCC(C(C)=O)(CC1)C2. The first-order chi connectivity index (χ1) is 7.05. The number of Topliss-reactive ketones (excluding diaryl/α,β-unsaturated/α-hetero) is 1. The lowest BCUT2D eigenvalue weighted by Gasteiger charge is -2.40. The fourth-order valence-corrected chi connectivity index (χ4v) is 3.61. The number of carbonyl (C=O) groups excluding carboxylic acids is 1. The van der Waals surface area contributed by atoms with Gasteiger partial charge in [0.15, 0.2) is 6.29 Å². The molecule has 2 saturated carbocycles. The summed E-state index contributed by atoms with van der Waals surface area (Å²) < 4.78 is 5.08. The third-order valence-electron chi connectivity index (χ3n) is 4.62. The van der Waals surface area contributed by atoms with Gasteiger partial charge in [0.2, 0.25) is 0 Å². The molecule has 2 fully saturated rings. The minimum absolute atomic E-state index is 0.140. The number of ketones is 1. The van der Waals surface area contributed by atoms with E-state index in [0.717, 1.165) is 38.5 Å². The van der Waals surface area contributed by atoms with Crippen LogP contribution in [0.2, 0.25) is 0 Å². The van der Waals surface area contributed by atoms with E-state index in [1.807, 2.05) is 0 Å². The summed E-state index contributed by atoms with van der Waals surface area (Å²) in [5.74, 6) is 0.298.